The zero-order valence-corrected chi connectivity index (χ0v) is 14.8. The highest BCUT2D eigenvalue weighted by molar-refractivity contribution is 9.11. The predicted molar refractivity (Wildman–Crippen MR) is 90.9 cm³/mol. The summed E-state index contributed by atoms with van der Waals surface area (Å²) in [5.74, 6) is 0. The third-order valence-electron chi connectivity index (χ3n) is 3.61. The number of halogens is 1. The van der Waals surface area contributed by atoms with Gasteiger partial charge in [-0.05, 0) is 40.9 Å². The molecule has 0 aliphatic heterocycles. The van der Waals surface area contributed by atoms with Crippen molar-refractivity contribution in [3.8, 4) is 0 Å². The van der Waals surface area contributed by atoms with Crippen LogP contribution in [-0.2, 0) is 0 Å². The van der Waals surface area contributed by atoms with Crippen LogP contribution >= 0.6 is 27.3 Å². The Morgan fingerprint density at radius 2 is 1.68 bits per heavy atom. The van der Waals surface area contributed by atoms with Gasteiger partial charge in [0.05, 0.1) is 3.79 Å². The van der Waals surface area contributed by atoms with Gasteiger partial charge < -0.3 is 5.73 Å². The summed E-state index contributed by atoms with van der Waals surface area (Å²) >= 11 is 5.36. The van der Waals surface area contributed by atoms with Crippen LogP contribution in [0.1, 0.15) is 81.2 Å². The topological polar surface area (TPSA) is 26.0 Å². The van der Waals surface area contributed by atoms with Gasteiger partial charge in [-0.1, -0.05) is 58.3 Å². The van der Waals surface area contributed by atoms with Crippen LogP contribution in [0.5, 0.6) is 0 Å². The van der Waals surface area contributed by atoms with Crippen molar-refractivity contribution in [2.45, 2.75) is 77.7 Å². The van der Waals surface area contributed by atoms with Gasteiger partial charge in [-0.25, -0.2) is 0 Å². The summed E-state index contributed by atoms with van der Waals surface area (Å²) < 4.78 is 1.23. The van der Waals surface area contributed by atoms with Crippen molar-refractivity contribution >= 4 is 27.3 Å². The second-order valence-electron chi connectivity index (χ2n) is 5.48. The van der Waals surface area contributed by atoms with E-state index in [4.69, 9.17) is 5.73 Å². The number of rotatable bonds is 10. The second-order valence-corrected chi connectivity index (χ2v) is 7.88. The quantitative estimate of drug-likeness (QED) is 0.491. The van der Waals surface area contributed by atoms with Crippen LogP contribution in [0.25, 0.3) is 0 Å². The SMILES string of the molecule is CCCCCCCCCCC(N)c1cc(C)c(Br)s1. The average Bonchev–Trinajstić information content (AvgIpc) is 2.73. The van der Waals surface area contributed by atoms with E-state index in [0.29, 0.717) is 0 Å². The molecule has 0 amide bonds. The zero-order valence-electron chi connectivity index (χ0n) is 12.4. The van der Waals surface area contributed by atoms with Crippen LogP contribution in [0.4, 0.5) is 0 Å². The fourth-order valence-corrected chi connectivity index (χ4v) is 3.91. The first-order valence-corrected chi connectivity index (χ1v) is 9.27. The van der Waals surface area contributed by atoms with Crippen molar-refractivity contribution in [1.82, 2.24) is 0 Å². The summed E-state index contributed by atoms with van der Waals surface area (Å²) in [5, 5.41) is 0. The fraction of sp³-hybridized carbons (Fsp3) is 0.750. The Balaban J connectivity index is 2.06. The molecule has 0 radical (unpaired) electrons. The molecule has 2 N–H and O–H groups in total. The lowest BCUT2D eigenvalue weighted by Crippen LogP contribution is -2.08. The van der Waals surface area contributed by atoms with Crippen LogP contribution in [0.3, 0.4) is 0 Å². The minimum absolute atomic E-state index is 0.232. The molecule has 1 atom stereocenters. The van der Waals surface area contributed by atoms with Gasteiger partial charge >= 0.3 is 0 Å². The highest BCUT2D eigenvalue weighted by atomic mass is 79.9. The molecule has 0 spiro atoms. The maximum absolute atomic E-state index is 6.25. The molecule has 0 aliphatic rings. The minimum Gasteiger partial charge on any atom is -0.323 e. The van der Waals surface area contributed by atoms with Crippen LogP contribution in [0.2, 0.25) is 0 Å². The smallest absolute Gasteiger partial charge is 0.0731 e. The van der Waals surface area contributed by atoms with E-state index in [1.54, 1.807) is 11.3 Å². The molecule has 0 saturated heterocycles. The molecule has 0 fully saturated rings. The van der Waals surface area contributed by atoms with Crippen LogP contribution in [0.15, 0.2) is 9.85 Å². The summed E-state index contributed by atoms with van der Waals surface area (Å²) in [4.78, 5) is 1.33. The predicted octanol–water partition coefficient (Wildman–Crippen LogP) is 6.35. The molecule has 1 heterocycles. The molecule has 0 bridgehead atoms. The van der Waals surface area contributed by atoms with Crippen molar-refractivity contribution in [3.63, 3.8) is 0 Å². The highest BCUT2D eigenvalue weighted by Gasteiger charge is 2.10. The van der Waals surface area contributed by atoms with E-state index in [9.17, 15) is 0 Å². The first-order valence-electron chi connectivity index (χ1n) is 7.66. The van der Waals surface area contributed by atoms with E-state index in [-0.39, 0.29) is 6.04 Å². The molecule has 1 rings (SSSR count). The van der Waals surface area contributed by atoms with E-state index in [1.807, 2.05) is 0 Å². The first-order chi connectivity index (χ1) is 9.15. The van der Waals surface area contributed by atoms with Crippen LogP contribution in [0, 0.1) is 6.92 Å². The molecule has 0 aliphatic carbocycles. The summed E-state index contributed by atoms with van der Waals surface area (Å²) in [6.07, 6.45) is 12.1. The molecular weight excluding hydrogens is 318 g/mol. The lowest BCUT2D eigenvalue weighted by atomic mass is 10.0. The summed E-state index contributed by atoms with van der Waals surface area (Å²) in [6.45, 7) is 4.40. The van der Waals surface area contributed by atoms with Gasteiger partial charge in [-0.15, -0.1) is 11.3 Å². The standard InChI is InChI=1S/C16H28BrNS/c1-3-4-5-6-7-8-9-10-11-14(18)15-12-13(2)16(17)19-15/h12,14H,3-11,18H2,1-2H3. The molecule has 19 heavy (non-hydrogen) atoms. The monoisotopic (exact) mass is 345 g/mol. The van der Waals surface area contributed by atoms with Crippen molar-refractivity contribution in [2.24, 2.45) is 5.73 Å². The summed E-state index contributed by atoms with van der Waals surface area (Å²) in [6, 6.07) is 2.46. The minimum atomic E-state index is 0.232. The Hall–Kier alpha value is 0.140. The molecule has 1 nitrogen and oxygen atoms in total. The Kier molecular flexibility index (Phi) is 9.01. The number of aryl methyl sites for hydroxylation is 1. The number of unbranched alkanes of at least 4 members (excludes halogenated alkanes) is 7. The van der Waals surface area contributed by atoms with Gasteiger partial charge in [0.2, 0.25) is 0 Å². The van der Waals surface area contributed by atoms with Crippen molar-refractivity contribution in [1.29, 1.82) is 0 Å². The summed E-state index contributed by atoms with van der Waals surface area (Å²) in [5.41, 5.74) is 7.56. The lowest BCUT2D eigenvalue weighted by molar-refractivity contribution is 0.539. The van der Waals surface area contributed by atoms with Gasteiger partial charge in [0.25, 0.3) is 0 Å². The second kappa shape index (κ2) is 9.95. The lowest BCUT2D eigenvalue weighted by Gasteiger charge is -2.09. The van der Waals surface area contributed by atoms with Crippen LogP contribution in [-0.4, -0.2) is 0 Å². The molecule has 0 saturated carbocycles. The molecule has 110 valence electrons. The van der Waals surface area contributed by atoms with Crippen LogP contribution < -0.4 is 5.73 Å². The van der Waals surface area contributed by atoms with Gasteiger partial charge in [-0.2, -0.15) is 0 Å². The van der Waals surface area contributed by atoms with E-state index >= 15 is 0 Å². The number of hydrogen-bond acceptors (Lipinski definition) is 2. The molecule has 1 aromatic rings. The van der Waals surface area contributed by atoms with Crippen molar-refractivity contribution < 1.29 is 0 Å². The zero-order chi connectivity index (χ0) is 14.1. The Bertz CT molecular complexity index is 329. The fourth-order valence-electron chi connectivity index (χ4n) is 2.31. The van der Waals surface area contributed by atoms with E-state index in [2.05, 4.69) is 35.8 Å². The van der Waals surface area contributed by atoms with Crippen molar-refractivity contribution in [3.05, 3.63) is 20.3 Å². The average molecular weight is 346 g/mol. The first kappa shape index (κ1) is 17.2. The highest BCUT2D eigenvalue weighted by Crippen LogP contribution is 2.32. The molecule has 1 aromatic heterocycles. The van der Waals surface area contributed by atoms with Gasteiger partial charge in [0.15, 0.2) is 0 Å². The molecular formula is C16H28BrNS. The molecule has 0 aromatic carbocycles. The van der Waals surface area contributed by atoms with Gasteiger partial charge in [-0.3, -0.25) is 0 Å². The van der Waals surface area contributed by atoms with Gasteiger partial charge in [0.1, 0.15) is 0 Å². The Labute approximate surface area is 131 Å². The maximum Gasteiger partial charge on any atom is 0.0731 e. The number of nitrogens with two attached hydrogens (primary N) is 1. The largest absolute Gasteiger partial charge is 0.323 e. The third-order valence-corrected chi connectivity index (χ3v) is 5.88. The normalized spacial score (nSPS) is 12.8. The van der Waals surface area contributed by atoms with Crippen molar-refractivity contribution in [2.75, 3.05) is 0 Å². The third kappa shape index (κ3) is 6.92. The molecule has 1 unspecified atom stereocenters. The van der Waals surface area contributed by atoms with E-state index in [1.165, 1.54) is 65.6 Å². The molecule has 3 heteroatoms. The maximum atomic E-state index is 6.25. The van der Waals surface area contributed by atoms with E-state index < -0.39 is 0 Å². The summed E-state index contributed by atoms with van der Waals surface area (Å²) in [7, 11) is 0. The Morgan fingerprint density at radius 1 is 1.11 bits per heavy atom. The number of thiophene rings is 1. The number of hydrogen-bond donors (Lipinski definition) is 1. The Morgan fingerprint density at radius 3 is 2.21 bits per heavy atom. The van der Waals surface area contributed by atoms with Gasteiger partial charge in [0, 0.05) is 10.9 Å². The van der Waals surface area contributed by atoms with E-state index in [0.717, 1.165) is 6.42 Å².